The van der Waals surface area contributed by atoms with Crippen LogP contribution in [0.3, 0.4) is 0 Å². The smallest absolute Gasteiger partial charge is 0.275 e. The molecule has 0 saturated heterocycles. The zero-order valence-corrected chi connectivity index (χ0v) is 15.0. The Morgan fingerprint density at radius 3 is 2.52 bits per heavy atom. The summed E-state index contributed by atoms with van der Waals surface area (Å²) < 4.78 is 0. The first-order chi connectivity index (χ1) is 11.1. The summed E-state index contributed by atoms with van der Waals surface area (Å²) >= 11 is 1.74. The van der Waals surface area contributed by atoms with Gasteiger partial charge < -0.3 is 10.6 Å². The van der Waals surface area contributed by atoms with E-state index < -0.39 is 0 Å². The number of nitrogens with two attached hydrogens (primary N) is 1. The van der Waals surface area contributed by atoms with Crippen molar-refractivity contribution in [2.75, 3.05) is 13.1 Å². The van der Waals surface area contributed by atoms with E-state index in [-0.39, 0.29) is 11.9 Å². The maximum absolute atomic E-state index is 12.0. The van der Waals surface area contributed by atoms with Gasteiger partial charge in [0.25, 0.3) is 5.91 Å². The number of carbonyl (C=O) groups is 1. The van der Waals surface area contributed by atoms with E-state index in [1.807, 2.05) is 0 Å². The summed E-state index contributed by atoms with van der Waals surface area (Å²) in [6, 6.07) is 13.1. The lowest BCUT2D eigenvalue weighted by Crippen LogP contribution is -2.87. The fraction of sp³-hybridized carbons (Fsp3) is 0.421. The van der Waals surface area contributed by atoms with Crippen molar-refractivity contribution in [1.82, 2.24) is 5.32 Å². The number of rotatable bonds is 8. The predicted molar refractivity (Wildman–Crippen MR) is 96.6 cm³/mol. The number of hydrogen-bond acceptors (Lipinski definition) is 2. The van der Waals surface area contributed by atoms with Gasteiger partial charge in [-0.15, -0.1) is 11.3 Å². The molecule has 2 rings (SSSR count). The van der Waals surface area contributed by atoms with Crippen molar-refractivity contribution in [3.63, 3.8) is 0 Å². The van der Waals surface area contributed by atoms with E-state index in [2.05, 4.69) is 73.2 Å². The van der Waals surface area contributed by atoms with Crippen LogP contribution in [0.4, 0.5) is 0 Å². The maximum atomic E-state index is 12.0. The van der Waals surface area contributed by atoms with E-state index in [9.17, 15) is 4.79 Å². The molecular weight excluding hydrogens is 304 g/mol. The Kier molecular flexibility index (Phi) is 6.81. The van der Waals surface area contributed by atoms with Crippen molar-refractivity contribution in [2.45, 2.75) is 33.2 Å². The van der Waals surface area contributed by atoms with Crippen LogP contribution in [0.15, 0.2) is 41.8 Å². The lowest BCUT2D eigenvalue weighted by atomic mass is 10.0. The van der Waals surface area contributed by atoms with Crippen molar-refractivity contribution < 1.29 is 10.1 Å². The molecule has 2 aromatic rings. The predicted octanol–water partition coefficient (Wildman–Crippen LogP) is 2.74. The first kappa shape index (κ1) is 17.7. The number of hydrogen-bond donors (Lipinski definition) is 2. The lowest BCUT2D eigenvalue weighted by molar-refractivity contribution is -0.676. The molecule has 1 amide bonds. The minimum atomic E-state index is 0.102. The molecule has 1 atom stereocenters. The highest BCUT2D eigenvalue weighted by molar-refractivity contribution is 7.10. The van der Waals surface area contributed by atoms with Crippen LogP contribution in [-0.4, -0.2) is 19.0 Å². The number of thiophene rings is 1. The highest BCUT2D eigenvalue weighted by Gasteiger charge is 2.20. The maximum Gasteiger partial charge on any atom is 0.275 e. The number of nitrogens with one attached hydrogen (secondary N) is 1. The summed E-state index contributed by atoms with van der Waals surface area (Å²) in [5, 5.41) is 7.21. The topological polar surface area (TPSA) is 45.7 Å². The molecule has 0 aliphatic heterocycles. The Balaban J connectivity index is 2.04. The van der Waals surface area contributed by atoms with Crippen LogP contribution in [0.1, 0.15) is 42.8 Å². The molecule has 0 fully saturated rings. The third-order valence-corrected chi connectivity index (χ3v) is 4.80. The van der Waals surface area contributed by atoms with Crippen molar-refractivity contribution >= 4 is 17.2 Å². The van der Waals surface area contributed by atoms with Crippen LogP contribution in [0.2, 0.25) is 0 Å². The monoisotopic (exact) mass is 331 g/mol. The van der Waals surface area contributed by atoms with E-state index >= 15 is 0 Å². The second kappa shape index (κ2) is 8.85. The van der Waals surface area contributed by atoms with E-state index in [4.69, 9.17) is 0 Å². The molecule has 0 radical (unpaired) electrons. The normalized spacial score (nSPS) is 12.3. The first-order valence-corrected chi connectivity index (χ1v) is 9.20. The van der Waals surface area contributed by atoms with Crippen LogP contribution in [0, 0.1) is 5.92 Å². The molecule has 1 aromatic carbocycles. The molecule has 4 heteroatoms. The molecule has 124 valence electrons. The van der Waals surface area contributed by atoms with E-state index in [0.29, 0.717) is 12.5 Å². The highest BCUT2D eigenvalue weighted by atomic mass is 32.1. The minimum absolute atomic E-state index is 0.102. The Bertz CT molecular complexity index is 590. The van der Waals surface area contributed by atoms with Gasteiger partial charge in [0.1, 0.15) is 6.04 Å². The van der Waals surface area contributed by atoms with Crippen molar-refractivity contribution in [2.24, 2.45) is 5.92 Å². The molecule has 3 nitrogen and oxygen atoms in total. The van der Waals surface area contributed by atoms with Gasteiger partial charge >= 0.3 is 0 Å². The van der Waals surface area contributed by atoms with Gasteiger partial charge in [-0.3, -0.25) is 4.79 Å². The Morgan fingerprint density at radius 1 is 1.22 bits per heavy atom. The standard InChI is InChI=1S/C19H26N2OS/c1-4-15-7-9-16(10-8-15)19(17-6-5-11-23-17)21-13-18(22)20-12-14(2)3/h5-11,14,19,21H,4,12-13H2,1-3H3,(H,20,22)/p+1/t19-/m1/s1. The number of carbonyl (C=O) groups excluding carboxylic acids is 1. The van der Waals surface area contributed by atoms with Gasteiger partial charge in [0.15, 0.2) is 6.54 Å². The third-order valence-electron chi connectivity index (χ3n) is 3.84. The summed E-state index contributed by atoms with van der Waals surface area (Å²) in [6.45, 7) is 7.56. The summed E-state index contributed by atoms with van der Waals surface area (Å²) in [7, 11) is 0. The van der Waals surface area contributed by atoms with E-state index in [1.54, 1.807) is 11.3 Å². The molecule has 0 saturated carbocycles. The Labute approximate surface area is 143 Å². The van der Waals surface area contributed by atoms with Crippen molar-refractivity contribution in [3.8, 4) is 0 Å². The molecule has 1 heterocycles. The molecule has 3 N–H and O–H groups in total. The quantitative estimate of drug-likeness (QED) is 0.767. The fourth-order valence-corrected chi connectivity index (χ4v) is 3.31. The van der Waals surface area contributed by atoms with Gasteiger partial charge in [0, 0.05) is 12.1 Å². The number of quaternary nitrogens is 1. The van der Waals surface area contributed by atoms with Gasteiger partial charge in [-0.25, -0.2) is 0 Å². The average molecular weight is 332 g/mol. The van der Waals surface area contributed by atoms with Gasteiger partial charge in [0.05, 0.1) is 4.88 Å². The largest absolute Gasteiger partial charge is 0.351 e. The van der Waals surface area contributed by atoms with Crippen molar-refractivity contribution in [1.29, 1.82) is 0 Å². The van der Waals surface area contributed by atoms with Gasteiger partial charge in [-0.1, -0.05) is 51.1 Å². The minimum Gasteiger partial charge on any atom is -0.351 e. The molecular formula is C19H27N2OS+. The zero-order valence-electron chi connectivity index (χ0n) is 14.2. The molecule has 0 bridgehead atoms. The lowest BCUT2D eigenvalue weighted by Gasteiger charge is -2.15. The SMILES string of the molecule is CCc1ccc([C@@H]([NH2+]CC(=O)NCC(C)C)c2cccs2)cc1. The molecule has 0 aliphatic rings. The summed E-state index contributed by atoms with van der Waals surface area (Å²) in [4.78, 5) is 13.3. The van der Waals surface area contributed by atoms with Crippen LogP contribution >= 0.6 is 11.3 Å². The molecule has 0 spiro atoms. The van der Waals surface area contributed by atoms with Crippen LogP contribution in [-0.2, 0) is 11.2 Å². The molecule has 23 heavy (non-hydrogen) atoms. The van der Waals surface area contributed by atoms with Gasteiger partial charge in [-0.2, -0.15) is 0 Å². The third kappa shape index (κ3) is 5.48. The Hall–Kier alpha value is -1.65. The van der Waals surface area contributed by atoms with Crippen LogP contribution < -0.4 is 10.6 Å². The molecule has 0 unspecified atom stereocenters. The van der Waals surface area contributed by atoms with E-state index in [1.165, 1.54) is 16.0 Å². The average Bonchev–Trinajstić information content (AvgIpc) is 3.08. The Morgan fingerprint density at radius 2 is 1.96 bits per heavy atom. The summed E-state index contributed by atoms with van der Waals surface area (Å²) in [6.07, 6.45) is 1.05. The molecule has 0 aliphatic carbocycles. The van der Waals surface area contributed by atoms with Gasteiger partial charge in [0.2, 0.25) is 0 Å². The summed E-state index contributed by atoms with van der Waals surface area (Å²) in [5.41, 5.74) is 2.59. The van der Waals surface area contributed by atoms with Gasteiger partial charge in [-0.05, 0) is 29.3 Å². The highest BCUT2D eigenvalue weighted by Crippen LogP contribution is 2.23. The zero-order chi connectivity index (χ0) is 16.7. The second-order valence-corrected chi connectivity index (χ2v) is 7.21. The first-order valence-electron chi connectivity index (χ1n) is 8.32. The number of amides is 1. The molecule has 1 aromatic heterocycles. The van der Waals surface area contributed by atoms with E-state index in [0.717, 1.165) is 13.0 Å². The van der Waals surface area contributed by atoms with Crippen LogP contribution in [0.5, 0.6) is 0 Å². The fourth-order valence-electron chi connectivity index (χ4n) is 2.46. The van der Waals surface area contributed by atoms with Crippen LogP contribution in [0.25, 0.3) is 0 Å². The number of aryl methyl sites for hydroxylation is 1. The van der Waals surface area contributed by atoms with Crippen molar-refractivity contribution in [3.05, 3.63) is 57.8 Å². The second-order valence-electron chi connectivity index (χ2n) is 6.23. The summed E-state index contributed by atoms with van der Waals surface area (Å²) in [5.74, 6) is 0.582. The number of benzene rings is 1.